The summed E-state index contributed by atoms with van der Waals surface area (Å²) in [7, 11) is 0. The monoisotopic (exact) mass is 478 g/mol. The maximum absolute atomic E-state index is 6.48. The number of hydrogen-bond donors (Lipinski definition) is 0. The average molecular weight is 480 g/mol. The van der Waals surface area contributed by atoms with Gasteiger partial charge in [0, 0.05) is 42.1 Å². The first-order chi connectivity index (χ1) is 15.1. The molecular formula is C26H36Cl2N2S. The van der Waals surface area contributed by atoms with E-state index in [4.69, 9.17) is 23.2 Å². The molecule has 170 valence electrons. The van der Waals surface area contributed by atoms with Gasteiger partial charge in [0.25, 0.3) is 0 Å². The molecule has 0 bridgehead atoms. The Morgan fingerprint density at radius 1 is 1.03 bits per heavy atom. The fraction of sp³-hybridized carbons (Fsp3) is 0.615. The Bertz CT molecular complexity index is 802. The van der Waals surface area contributed by atoms with Gasteiger partial charge in [0.2, 0.25) is 0 Å². The fourth-order valence-electron chi connectivity index (χ4n) is 5.50. The van der Waals surface area contributed by atoms with Crippen LogP contribution in [0.25, 0.3) is 0 Å². The lowest BCUT2D eigenvalue weighted by Crippen LogP contribution is -2.38. The second-order valence-corrected chi connectivity index (χ2v) is 11.2. The van der Waals surface area contributed by atoms with E-state index in [1.54, 1.807) is 0 Å². The van der Waals surface area contributed by atoms with E-state index >= 15 is 0 Å². The molecule has 2 aliphatic rings. The molecule has 4 rings (SSSR count). The Morgan fingerprint density at radius 3 is 2.58 bits per heavy atom. The van der Waals surface area contributed by atoms with E-state index in [0.717, 1.165) is 30.6 Å². The lowest BCUT2D eigenvalue weighted by atomic mass is 9.88. The number of unbranched alkanes of at least 4 members (excludes halogenated alkanes) is 2. The van der Waals surface area contributed by atoms with Gasteiger partial charge in [-0.25, -0.2) is 0 Å². The zero-order valence-electron chi connectivity index (χ0n) is 18.7. The summed E-state index contributed by atoms with van der Waals surface area (Å²) in [6.07, 6.45) is 8.39. The molecule has 2 atom stereocenters. The maximum Gasteiger partial charge on any atom is 0.0465 e. The van der Waals surface area contributed by atoms with Crippen LogP contribution in [0.15, 0.2) is 35.0 Å². The lowest BCUT2D eigenvalue weighted by molar-refractivity contribution is 0.151. The molecule has 5 heteroatoms. The predicted octanol–water partition coefficient (Wildman–Crippen LogP) is 7.56. The normalized spacial score (nSPS) is 23.6. The van der Waals surface area contributed by atoms with E-state index in [9.17, 15) is 0 Å². The quantitative estimate of drug-likeness (QED) is 0.342. The van der Waals surface area contributed by atoms with Crippen molar-refractivity contribution in [3.8, 4) is 0 Å². The molecule has 1 aromatic carbocycles. The van der Waals surface area contributed by atoms with Crippen molar-refractivity contribution in [1.82, 2.24) is 9.80 Å². The van der Waals surface area contributed by atoms with Crippen molar-refractivity contribution in [2.75, 3.05) is 32.7 Å². The van der Waals surface area contributed by atoms with Gasteiger partial charge in [0.05, 0.1) is 0 Å². The highest BCUT2D eigenvalue weighted by atomic mass is 35.5. The number of rotatable bonds is 9. The Kier molecular flexibility index (Phi) is 8.76. The summed E-state index contributed by atoms with van der Waals surface area (Å²) in [4.78, 5) is 5.35. The van der Waals surface area contributed by atoms with Gasteiger partial charge in [-0.1, -0.05) is 61.9 Å². The van der Waals surface area contributed by atoms with Crippen molar-refractivity contribution in [2.24, 2.45) is 11.8 Å². The van der Waals surface area contributed by atoms with Crippen molar-refractivity contribution in [3.05, 3.63) is 56.2 Å². The Morgan fingerprint density at radius 2 is 1.87 bits per heavy atom. The van der Waals surface area contributed by atoms with E-state index in [1.165, 1.54) is 69.3 Å². The third kappa shape index (κ3) is 6.48. The number of thiophene rings is 1. The fourth-order valence-corrected chi connectivity index (χ4v) is 6.69. The first-order valence-electron chi connectivity index (χ1n) is 12.0. The van der Waals surface area contributed by atoms with Crippen LogP contribution in [0.5, 0.6) is 0 Å². The van der Waals surface area contributed by atoms with Gasteiger partial charge in [-0.3, -0.25) is 4.90 Å². The molecule has 2 aromatic rings. The average Bonchev–Trinajstić information content (AvgIpc) is 3.42. The minimum atomic E-state index is 0.625. The standard InChI is InChI=1S/C26H36Cl2N2S/c1-2-3-4-5-20-8-11-29(12-9-20)16-23-17-30(18-25(23)22-10-13-31-19-22)15-21-6-7-24(27)14-26(21)28/h6-7,10,13-14,19-20,23,25H,2-5,8-9,11-12,15-18H2,1H3. The second kappa shape index (κ2) is 11.5. The summed E-state index contributed by atoms with van der Waals surface area (Å²) >= 11 is 14.4. The first kappa shape index (κ1) is 23.6. The Hall–Kier alpha value is -0.580. The Labute approximate surface area is 202 Å². The topological polar surface area (TPSA) is 6.48 Å². The molecule has 2 saturated heterocycles. The minimum Gasteiger partial charge on any atom is -0.303 e. The smallest absolute Gasteiger partial charge is 0.0465 e. The van der Waals surface area contributed by atoms with Gasteiger partial charge in [0.1, 0.15) is 0 Å². The molecule has 0 spiro atoms. The number of nitrogens with zero attached hydrogens (tertiary/aromatic N) is 2. The van der Waals surface area contributed by atoms with Gasteiger partial charge in [-0.05, 0) is 77.9 Å². The van der Waals surface area contributed by atoms with Gasteiger partial charge >= 0.3 is 0 Å². The van der Waals surface area contributed by atoms with E-state index in [0.29, 0.717) is 16.9 Å². The molecule has 31 heavy (non-hydrogen) atoms. The summed E-state index contributed by atoms with van der Waals surface area (Å²) in [5.74, 6) is 2.28. The van der Waals surface area contributed by atoms with Crippen LogP contribution in [0.2, 0.25) is 10.0 Å². The SMILES string of the molecule is CCCCCC1CCN(CC2CN(Cc3ccc(Cl)cc3Cl)CC2c2ccsc2)CC1. The maximum atomic E-state index is 6.48. The minimum absolute atomic E-state index is 0.625. The van der Waals surface area contributed by atoms with Gasteiger partial charge in [-0.2, -0.15) is 11.3 Å². The zero-order chi connectivity index (χ0) is 21.6. The molecule has 0 amide bonds. The number of likely N-dealkylation sites (tertiary alicyclic amines) is 2. The molecule has 3 heterocycles. The molecule has 0 aliphatic carbocycles. The van der Waals surface area contributed by atoms with Crippen LogP contribution >= 0.6 is 34.5 Å². The molecule has 0 saturated carbocycles. The number of benzene rings is 1. The molecule has 2 aliphatic heterocycles. The summed E-state index contributed by atoms with van der Waals surface area (Å²) in [5.41, 5.74) is 2.71. The zero-order valence-corrected chi connectivity index (χ0v) is 21.1. The van der Waals surface area contributed by atoms with E-state index in [-0.39, 0.29) is 0 Å². The summed E-state index contributed by atoms with van der Waals surface area (Å²) in [6.45, 7) is 9.28. The highest BCUT2D eigenvalue weighted by Crippen LogP contribution is 2.36. The number of hydrogen-bond acceptors (Lipinski definition) is 3. The van der Waals surface area contributed by atoms with Crippen LogP contribution in [0, 0.1) is 11.8 Å². The highest BCUT2D eigenvalue weighted by Gasteiger charge is 2.35. The molecule has 0 N–H and O–H groups in total. The second-order valence-electron chi connectivity index (χ2n) is 9.59. The third-order valence-electron chi connectivity index (χ3n) is 7.31. The van der Waals surface area contributed by atoms with Crippen LogP contribution < -0.4 is 0 Å². The Balaban J connectivity index is 1.35. The van der Waals surface area contributed by atoms with Crippen LogP contribution in [-0.4, -0.2) is 42.5 Å². The predicted molar refractivity (Wildman–Crippen MR) is 136 cm³/mol. The molecule has 2 nitrogen and oxygen atoms in total. The first-order valence-corrected chi connectivity index (χ1v) is 13.7. The molecule has 1 aromatic heterocycles. The summed E-state index contributed by atoms with van der Waals surface area (Å²) < 4.78 is 0. The van der Waals surface area contributed by atoms with Crippen molar-refractivity contribution in [3.63, 3.8) is 0 Å². The molecule has 2 fully saturated rings. The van der Waals surface area contributed by atoms with Crippen LogP contribution in [-0.2, 0) is 6.54 Å². The highest BCUT2D eigenvalue weighted by molar-refractivity contribution is 7.08. The summed E-state index contributed by atoms with van der Waals surface area (Å²) in [5, 5.41) is 6.08. The van der Waals surface area contributed by atoms with E-state index in [2.05, 4.69) is 39.6 Å². The van der Waals surface area contributed by atoms with Crippen LogP contribution in [0.4, 0.5) is 0 Å². The molecular weight excluding hydrogens is 443 g/mol. The van der Waals surface area contributed by atoms with Crippen molar-refractivity contribution in [2.45, 2.75) is 57.9 Å². The van der Waals surface area contributed by atoms with Crippen molar-refractivity contribution in [1.29, 1.82) is 0 Å². The molecule has 2 unspecified atom stereocenters. The van der Waals surface area contributed by atoms with Crippen molar-refractivity contribution >= 4 is 34.5 Å². The van der Waals surface area contributed by atoms with Gasteiger partial charge in [-0.15, -0.1) is 0 Å². The largest absolute Gasteiger partial charge is 0.303 e. The van der Waals surface area contributed by atoms with E-state index in [1.807, 2.05) is 23.5 Å². The van der Waals surface area contributed by atoms with Gasteiger partial charge in [0.15, 0.2) is 0 Å². The number of piperidine rings is 1. The van der Waals surface area contributed by atoms with Crippen molar-refractivity contribution < 1.29 is 0 Å². The number of halogens is 2. The van der Waals surface area contributed by atoms with E-state index < -0.39 is 0 Å². The summed E-state index contributed by atoms with van der Waals surface area (Å²) in [6, 6.07) is 8.24. The third-order valence-corrected chi connectivity index (χ3v) is 8.60. The lowest BCUT2D eigenvalue weighted by Gasteiger charge is -2.34. The molecule has 0 radical (unpaired) electrons. The van der Waals surface area contributed by atoms with Gasteiger partial charge < -0.3 is 4.90 Å². The van der Waals surface area contributed by atoms with Crippen LogP contribution in [0.1, 0.15) is 62.5 Å². The van der Waals surface area contributed by atoms with Crippen LogP contribution in [0.3, 0.4) is 0 Å².